The molecule has 0 saturated carbocycles. The second-order valence-corrected chi connectivity index (χ2v) is 5.46. The molecule has 18 heavy (non-hydrogen) atoms. The molecule has 0 radical (unpaired) electrons. The Hall–Kier alpha value is -1.46. The first-order chi connectivity index (χ1) is 8.75. The average molecular weight is 323 g/mol. The molecule has 0 saturated heterocycles. The number of carbonyl (C=O) groups excluding carboxylic acids is 1. The fourth-order valence-electron chi connectivity index (χ4n) is 1.36. The minimum atomic E-state index is -0.110. The average Bonchev–Trinajstić information content (AvgIpc) is 2.84. The van der Waals surface area contributed by atoms with Crippen molar-refractivity contribution in [2.45, 2.75) is 6.42 Å². The summed E-state index contributed by atoms with van der Waals surface area (Å²) in [5, 5.41) is 5.88. The van der Waals surface area contributed by atoms with E-state index >= 15 is 0 Å². The third kappa shape index (κ3) is 3.78. The predicted octanol–water partition coefficient (Wildman–Crippen LogP) is 3.20. The Morgan fingerprint density at radius 1 is 1.33 bits per heavy atom. The topological polar surface area (TPSA) is 41.5 Å². The molecule has 3 nitrogen and oxygen atoms in total. The molecule has 0 unspecified atom stereocenters. The number of thiophene rings is 1. The van der Waals surface area contributed by atoms with Gasteiger partial charge in [-0.1, -0.05) is 40.2 Å². The molecule has 0 fully saturated rings. The lowest BCUT2D eigenvalue weighted by Crippen LogP contribution is -2.19. The Balaban J connectivity index is 1.88. The van der Waals surface area contributed by atoms with Gasteiger partial charge in [0.2, 0.25) is 5.91 Å². The Morgan fingerprint density at radius 3 is 2.89 bits per heavy atom. The van der Waals surface area contributed by atoms with E-state index in [4.69, 9.17) is 0 Å². The van der Waals surface area contributed by atoms with Crippen molar-refractivity contribution in [2.24, 2.45) is 5.10 Å². The van der Waals surface area contributed by atoms with Crippen molar-refractivity contribution in [1.82, 2.24) is 5.43 Å². The molecule has 1 N–H and O–H groups in total. The molecule has 5 heteroatoms. The van der Waals surface area contributed by atoms with Crippen LogP contribution < -0.4 is 5.43 Å². The zero-order chi connectivity index (χ0) is 12.8. The number of hydrogen-bond donors (Lipinski definition) is 1. The van der Waals surface area contributed by atoms with Crippen molar-refractivity contribution in [3.8, 4) is 0 Å². The Kier molecular flexibility index (Phi) is 4.66. The maximum absolute atomic E-state index is 11.6. The van der Waals surface area contributed by atoms with Crippen LogP contribution >= 0.6 is 27.3 Å². The van der Waals surface area contributed by atoms with Gasteiger partial charge in [-0.3, -0.25) is 4.79 Å². The van der Waals surface area contributed by atoms with Gasteiger partial charge in [-0.25, -0.2) is 5.43 Å². The van der Waals surface area contributed by atoms with Crippen molar-refractivity contribution in [2.75, 3.05) is 0 Å². The first-order valence-electron chi connectivity index (χ1n) is 5.34. The van der Waals surface area contributed by atoms with E-state index in [2.05, 4.69) is 26.5 Å². The summed E-state index contributed by atoms with van der Waals surface area (Å²) in [5.41, 5.74) is 3.44. The third-order valence-electron chi connectivity index (χ3n) is 2.21. The highest BCUT2D eigenvalue weighted by Gasteiger charge is 2.02. The molecule has 0 aliphatic heterocycles. The van der Waals surface area contributed by atoms with Crippen LogP contribution in [0.3, 0.4) is 0 Å². The van der Waals surface area contributed by atoms with E-state index in [1.54, 1.807) is 17.6 Å². The van der Waals surface area contributed by atoms with E-state index in [9.17, 15) is 4.79 Å². The van der Waals surface area contributed by atoms with E-state index in [-0.39, 0.29) is 5.91 Å². The summed E-state index contributed by atoms with van der Waals surface area (Å²) >= 11 is 4.97. The quantitative estimate of drug-likeness (QED) is 0.681. The third-order valence-corrected chi connectivity index (χ3v) is 3.81. The first-order valence-corrected chi connectivity index (χ1v) is 7.02. The van der Waals surface area contributed by atoms with Crippen molar-refractivity contribution in [3.05, 3.63) is 56.7 Å². The van der Waals surface area contributed by atoms with Gasteiger partial charge in [-0.15, -0.1) is 11.3 Å². The van der Waals surface area contributed by atoms with Crippen LogP contribution in [0.25, 0.3) is 0 Å². The van der Waals surface area contributed by atoms with Crippen LogP contribution in [-0.2, 0) is 11.2 Å². The van der Waals surface area contributed by atoms with Crippen LogP contribution in [0.5, 0.6) is 0 Å². The van der Waals surface area contributed by atoms with Crippen LogP contribution in [0.4, 0.5) is 0 Å². The molecule has 2 rings (SSSR count). The number of carbonyl (C=O) groups is 1. The van der Waals surface area contributed by atoms with E-state index in [0.29, 0.717) is 6.42 Å². The number of benzene rings is 1. The lowest BCUT2D eigenvalue weighted by molar-refractivity contribution is -0.120. The van der Waals surface area contributed by atoms with Gasteiger partial charge >= 0.3 is 0 Å². The highest BCUT2D eigenvalue weighted by atomic mass is 79.9. The molecule has 1 amide bonds. The first kappa shape index (κ1) is 13.0. The highest BCUT2D eigenvalue weighted by Crippen LogP contribution is 2.13. The summed E-state index contributed by atoms with van der Waals surface area (Å²) in [7, 11) is 0. The highest BCUT2D eigenvalue weighted by molar-refractivity contribution is 9.10. The predicted molar refractivity (Wildman–Crippen MR) is 77.9 cm³/mol. The smallest absolute Gasteiger partial charge is 0.245 e. The minimum Gasteiger partial charge on any atom is -0.273 e. The molecular weight excluding hydrogens is 312 g/mol. The van der Waals surface area contributed by atoms with E-state index in [1.165, 1.54) is 0 Å². The number of rotatable bonds is 4. The zero-order valence-corrected chi connectivity index (χ0v) is 11.9. The fourth-order valence-corrected chi connectivity index (χ4v) is 2.46. The zero-order valence-electron chi connectivity index (χ0n) is 9.47. The summed E-state index contributed by atoms with van der Waals surface area (Å²) < 4.78 is 0.946. The molecule has 0 aliphatic carbocycles. The second kappa shape index (κ2) is 6.47. The molecule has 0 atom stereocenters. The number of amides is 1. The fraction of sp³-hybridized carbons (Fsp3) is 0.0769. The van der Waals surface area contributed by atoms with Crippen molar-refractivity contribution < 1.29 is 4.79 Å². The van der Waals surface area contributed by atoms with Crippen LogP contribution in [0.1, 0.15) is 10.4 Å². The van der Waals surface area contributed by atoms with Crippen molar-refractivity contribution in [3.63, 3.8) is 0 Å². The molecule has 0 aliphatic rings. The van der Waals surface area contributed by atoms with Crippen LogP contribution in [-0.4, -0.2) is 12.1 Å². The maximum Gasteiger partial charge on any atom is 0.245 e. The summed E-state index contributed by atoms with van der Waals surface area (Å²) in [6, 6.07) is 11.5. The van der Waals surface area contributed by atoms with Crippen molar-refractivity contribution in [1.29, 1.82) is 0 Å². The number of nitrogens with one attached hydrogen (secondary N) is 1. The molecule has 1 aromatic carbocycles. The molecule has 92 valence electrons. The van der Waals surface area contributed by atoms with Gasteiger partial charge in [0.1, 0.15) is 0 Å². The monoisotopic (exact) mass is 322 g/mol. The van der Waals surface area contributed by atoms with Gasteiger partial charge < -0.3 is 0 Å². The second-order valence-electron chi connectivity index (χ2n) is 3.57. The lowest BCUT2D eigenvalue weighted by Gasteiger charge is -1.98. The largest absolute Gasteiger partial charge is 0.273 e. The van der Waals surface area contributed by atoms with Crippen molar-refractivity contribution >= 4 is 39.4 Å². The molecule has 1 heterocycles. The number of halogens is 1. The van der Waals surface area contributed by atoms with Crippen LogP contribution in [0.15, 0.2) is 51.4 Å². The number of nitrogens with zero attached hydrogens (tertiary/aromatic N) is 1. The lowest BCUT2D eigenvalue weighted by atomic mass is 10.2. The molecule has 2 aromatic rings. The molecular formula is C13H11BrN2OS. The molecule has 0 spiro atoms. The van der Waals surface area contributed by atoms with E-state index in [1.807, 2.05) is 41.8 Å². The molecule has 1 aromatic heterocycles. The summed E-state index contributed by atoms with van der Waals surface area (Å²) in [6.45, 7) is 0. The van der Waals surface area contributed by atoms with E-state index < -0.39 is 0 Å². The van der Waals surface area contributed by atoms with Gasteiger partial charge in [0, 0.05) is 14.9 Å². The van der Waals surface area contributed by atoms with Crippen LogP contribution in [0.2, 0.25) is 0 Å². The summed E-state index contributed by atoms with van der Waals surface area (Å²) in [4.78, 5) is 12.6. The van der Waals surface area contributed by atoms with Gasteiger partial charge in [-0.2, -0.15) is 5.10 Å². The Bertz CT molecular complexity index is 552. The molecule has 0 bridgehead atoms. The summed E-state index contributed by atoms with van der Waals surface area (Å²) in [5.74, 6) is -0.110. The Morgan fingerprint density at radius 2 is 2.17 bits per heavy atom. The standard InChI is InChI=1S/C13H11BrN2OS/c14-12-6-2-1-4-10(12)9-15-16-13(17)8-11-5-3-7-18-11/h1-7,9H,8H2,(H,16,17)/b15-9-. The normalized spacial score (nSPS) is 10.7. The van der Waals surface area contributed by atoms with E-state index in [0.717, 1.165) is 14.9 Å². The summed E-state index contributed by atoms with van der Waals surface area (Å²) in [6.07, 6.45) is 1.99. The van der Waals surface area contributed by atoms with Gasteiger partial charge in [0.25, 0.3) is 0 Å². The SMILES string of the molecule is O=C(Cc1cccs1)N/N=C\c1ccccc1Br. The number of hydrazone groups is 1. The maximum atomic E-state index is 11.6. The Labute approximate surface area is 118 Å². The van der Waals surface area contributed by atoms with Gasteiger partial charge in [0.15, 0.2) is 0 Å². The minimum absolute atomic E-state index is 0.110. The van der Waals surface area contributed by atoms with Crippen LogP contribution in [0, 0.1) is 0 Å². The van der Waals surface area contributed by atoms with Gasteiger partial charge in [-0.05, 0) is 17.5 Å². The van der Waals surface area contributed by atoms with Gasteiger partial charge in [0.05, 0.1) is 12.6 Å². The number of hydrogen-bond acceptors (Lipinski definition) is 3.